The SMILES string of the molecule is CCCCC(CC)(CNCC)Cc1ccc(Cl)cc1Cl. The van der Waals surface area contributed by atoms with E-state index in [1.807, 2.05) is 12.1 Å². The van der Waals surface area contributed by atoms with Crippen molar-refractivity contribution in [2.45, 2.75) is 52.9 Å². The number of rotatable bonds is 9. The minimum atomic E-state index is 0.295. The van der Waals surface area contributed by atoms with Crippen LogP contribution in [0.2, 0.25) is 10.0 Å². The highest BCUT2D eigenvalue weighted by molar-refractivity contribution is 6.35. The van der Waals surface area contributed by atoms with Crippen LogP contribution < -0.4 is 5.32 Å². The zero-order valence-corrected chi connectivity index (χ0v) is 14.4. The molecule has 1 N–H and O–H groups in total. The molecule has 1 aromatic carbocycles. The van der Waals surface area contributed by atoms with Crippen LogP contribution >= 0.6 is 23.2 Å². The largest absolute Gasteiger partial charge is 0.316 e. The summed E-state index contributed by atoms with van der Waals surface area (Å²) in [6.07, 6.45) is 5.93. The van der Waals surface area contributed by atoms with Gasteiger partial charge in [-0.15, -0.1) is 0 Å². The zero-order valence-electron chi connectivity index (χ0n) is 12.9. The first-order valence-electron chi connectivity index (χ1n) is 7.71. The monoisotopic (exact) mass is 315 g/mol. The second-order valence-electron chi connectivity index (χ2n) is 5.65. The van der Waals surface area contributed by atoms with Crippen molar-refractivity contribution >= 4 is 23.2 Å². The lowest BCUT2D eigenvalue weighted by atomic mass is 9.75. The Labute approximate surface area is 134 Å². The standard InChI is InChI=1S/C17H27Cl2N/c1-4-7-10-17(5-2,13-20-6-3)12-14-8-9-15(18)11-16(14)19/h8-9,11,20H,4-7,10,12-13H2,1-3H3. The van der Waals surface area contributed by atoms with Gasteiger partial charge in [0.05, 0.1) is 0 Å². The smallest absolute Gasteiger partial charge is 0.0453 e. The van der Waals surface area contributed by atoms with E-state index in [1.54, 1.807) is 0 Å². The average Bonchev–Trinajstić information content (AvgIpc) is 2.45. The first-order chi connectivity index (χ1) is 9.56. The Morgan fingerprint density at radius 3 is 2.45 bits per heavy atom. The molecule has 0 aliphatic heterocycles. The van der Waals surface area contributed by atoms with Crippen LogP contribution in [0.5, 0.6) is 0 Å². The van der Waals surface area contributed by atoms with E-state index in [9.17, 15) is 0 Å². The van der Waals surface area contributed by atoms with Crippen molar-refractivity contribution in [1.82, 2.24) is 5.32 Å². The third-order valence-corrected chi connectivity index (χ3v) is 4.73. The van der Waals surface area contributed by atoms with E-state index in [0.29, 0.717) is 10.4 Å². The van der Waals surface area contributed by atoms with E-state index in [-0.39, 0.29) is 0 Å². The van der Waals surface area contributed by atoms with Crippen LogP contribution in [0, 0.1) is 5.41 Å². The Kier molecular flexibility index (Phi) is 7.94. The van der Waals surface area contributed by atoms with Gasteiger partial charge in [0.15, 0.2) is 0 Å². The van der Waals surface area contributed by atoms with Gasteiger partial charge in [-0.2, -0.15) is 0 Å². The first-order valence-corrected chi connectivity index (χ1v) is 8.47. The lowest BCUT2D eigenvalue weighted by molar-refractivity contribution is 0.231. The molecule has 3 heteroatoms. The minimum absolute atomic E-state index is 0.295. The quantitative estimate of drug-likeness (QED) is 0.613. The zero-order chi connectivity index (χ0) is 15.0. The molecular formula is C17H27Cl2N. The molecule has 20 heavy (non-hydrogen) atoms. The van der Waals surface area contributed by atoms with E-state index < -0.39 is 0 Å². The highest BCUT2D eigenvalue weighted by atomic mass is 35.5. The predicted octanol–water partition coefficient (Wildman–Crippen LogP) is 5.73. The molecule has 1 unspecified atom stereocenters. The van der Waals surface area contributed by atoms with Gasteiger partial charge < -0.3 is 5.32 Å². The third-order valence-electron chi connectivity index (χ3n) is 4.14. The van der Waals surface area contributed by atoms with Crippen molar-refractivity contribution in [1.29, 1.82) is 0 Å². The van der Waals surface area contributed by atoms with Gasteiger partial charge >= 0.3 is 0 Å². The molecule has 0 radical (unpaired) electrons. The Balaban J connectivity index is 2.90. The maximum atomic E-state index is 6.36. The van der Waals surface area contributed by atoms with Crippen molar-refractivity contribution in [2.24, 2.45) is 5.41 Å². The van der Waals surface area contributed by atoms with Gasteiger partial charge in [-0.05, 0) is 48.9 Å². The summed E-state index contributed by atoms with van der Waals surface area (Å²) in [4.78, 5) is 0. The molecule has 1 aromatic rings. The topological polar surface area (TPSA) is 12.0 Å². The van der Waals surface area contributed by atoms with Gasteiger partial charge in [0.25, 0.3) is 0 Å². The van der Waals surface area contributed by atoms with E-state index in [4.69, 9.17) is 23.2 Å². The maximum Gasteiger partial charge on any atom is 0.0453 e. The second-order valence-corrected chi connectivity index (χ2v) is 6.49. The minimum Gasteiger partial charge on any atom is -0.316 e. The molecule has 1 rings (SSSR count). The van der Waals surface area contributed by atoms with Gasteiger partial charge in [0.1, 0.15) is 0 Å². The van der Waals surface area contributed by atoms with Crippen molar-refractivity contribution in [3.05, 3.63) is 33.8 Å². The first kappa shape index (κ1) is 17.8. The van der Waals surface area contributed by atoms with Crippen molar-refractivity contribution in [2.75, 3.05) is 13.1 Å². The number of halogens is 2. The summed E-state index contributed by atoms with van der Waals surface area (Å²) < 4.78 is 0. The number of hydrogen-bond donors (Lipinski definition) is 1. The van der Waals surface area contributed by atoms with Crippen molar-refractivity contribution in [3.63, 3.8) is 0 Å². The number of hydrogen-bond acceptors (Lipinski definition) is 1. The molecule has 0 heterocycles. The van der Waals surface area contributed by atoms with Crippen LogP contribution in [-0.4, -0.2) is 13.1 Å². The fraction of sp³-hybridized carbons (Fsp3) is 0.647. The fourth-order valence-electron chi connectivity index (χ4n) is 2.68. The number of unbranched alkanes of at least 4 members (excludes halogenated alkanes) is 1. The highest BCUT2D eigenvalue weighted by Gasteiger charge is 2.28. The molecule has 0 fully saturated rings. The van der Waals surface area contributed by atoms with Gasteiger partial charge in [-0.3, -0.25) is 0 Å². The highest BCUT2D eigenvalue weighted by Crippen LogP contribution is 2.35. The summed E-state index contributed by atoms with van der Waals surface area (Å²) in [6, 6.07) is 5.87. The van der Waals surface area contributed by atoms with Gasteiger partial charge in [-0.25, -0.2) is 0 Å². The summed E-state index contributed by atoms with van der Waals surface area (Å²) >= 11 is 12.3. The molecule has 1 atom stereocenters. The summed E-state index contributed by atoms with van der Waals surface area (Å²) in [5.41, 5.74) is 1.51. The summed E-state index contributed by atoms with van der Waals surface area (Å²) in [5.74, 6) is 0. The second kappa shape index (κ2) is 8.92. The average molecular weight is 316 g/mol. The lowest BCUT2D eigenvalue weighted by Crippen LogP contribution is -2.36. The number of nitrogens with one attached hydrogen (secondary N) is 1. The van der Waals surface area contributed by atoms with E-state index >= 15 is 0 Å². The Morgan fingerprint density at radius 2 is 1.90 bits per heavy atom. The summed E-state index contributed by atoms with van der Waals surface area (Å²) in [6.45, 7) is 8.77. The van der Waals surface area contributed by atoms with Crippen LogP contribution in [0.1, 0.15) is 52.0 Å². The lowest BCUT2D eigenvalue weighted by Gasteiger charge is -2.34. The van der Waals surface area contributed by atoms with Crippen LogP contribution in [0.4, 0.5) is 0 Å². The molecule has 0 saturated carbocycles. The molecular weight excluding hydrogens is 289 g/mol. The Hall–Kier alpha value is -0.240. The maximum absolute atomic E-state index is 6.36. The van der Waals surface area contributed by atoms with Crippen molar-refractivity contribution < 1.29 is 0 Å². The molecule has 0 saturated heterocycles. The van der Waals surface area contributed by atoms with E-state index in [2.05, 4.69) is 32.2 Å². The van der Waals surface area contributed by atoms with Crippen molar-refractivity contribution in [3.8, 4) is 0 Å². The third kappa shape index (κ3) is 5.27. The van der Waals surface area contributed by atoms with Crippen LogP contribution in [0.25, 0.3) is 0 Å². The molecule has 1 nitrogen and oxygen atoms in total. The molecule has 0 amide bonds. The van der Waals surface area contributed by atoms with Gasteiger partial charge in [0, 0.05) is 16.6 Å². The van der Waals surface area contributed by atoms with Crippen LogP contribution in [-0.2, 0) is 6.42 Å². The molecule has 0 bridgehead atoms. The van der Waals surface area contributed by atoms with Crippen LogP contribution in [0.15, 0.2) is 18.2 Å². The van der Waals surface area contributed by atoms with E-state index in [1.165, 1.54) is 31.2 Å². The molecule has 0 aromatic heterocycles. The summed E-state index contributed by atoms with van der Waals surface area (Å²) in [5, 5.41) is 5.04. The predicted molar refractivity (Wildman–Crippen MR) is 91.0 cm³/mol. The van der Waals surface area contributed by atoms with Gasteiger partial charge in [0.2, 0.25) is 0 Å². The molecule has 0 aliphatic carbocycles. The molecule has 0 spiro atoms. The molecule has 114 valence electrons. The van der Waals surface area contributed by atoms with E-state index in [0.717, 1.165) is 24.5 Å². The fourth-order valence-corrected chi connectivity index (χ4v) is 3.15. The van der Waals surface area contributed by atoms with Gasteiger partial charge in [-0.1, -0.05) is 62.9 Å². The Bertz CT molecular complexity index is 396. The number of benzene rings is 1. The summed E-state index contributed by atoms with van der Waals surface area (Å²) in [7, 11) is 0. The normalized spacial score (nSPS) is 14.2. The molecule has 0 aliphatic rings. The Morgan fingerprint density at radius 1 is 1.15 bits per heavy atom. The van der Waals surface area contributed by atoms with Crippen LogP contribution in [0.3, 0.4) is 0 Å².